The molecule has 1 N–H and O–H groups in total. The average Bonchev–Trinajstić information content (AvgIpc) is 3.37. The molecule has 8 nitrogen and oxygen atoms in total. The van der Waals surface area contributed by atoms with Crippen molar-refractivity contribution in [1.82, 2.24) is 29.6 Å². The highest BCUT2D eigenvalue weighted by molar-refractivity contribution is 7.99. The van der Waals surface area contributed by atoms with Crippen LogP contribution in [-0.2, 0) is 13.6 Å². The summed E-state index contributed by atoms with van der Waals surface area (Å²) in [5.74, 6) is 2.96. The van der Waals surface area contributed by atoms with Gasteiger partial charge in [0.15, 0.2) is 5.16 Å². The maximum absolute atomic E-state index is 9.04. The normalized spacial score (nSPS) is 20.8. The molecule has 0 aromatic carbocycles. The molecule has 4 heterocycles. The summed E-state index contributed by atoms with van der Waals surface area (Å²) in [4.78, 5) is 14.0. The first-order valence-corrected chi connectivity index (χ1v) is 11.2. The number of anilines is 1. The Bertz CT molecular complexity index is 777. The van der Waals surface area contributed by atoms with E-state index in [9.17, 15) is 0 Å². The molecule has 9 heteroatoms. The van der Waals surface area contributed by atoms with Crippen molar-refractivity contribution in [3.63, 3.8) is 0 Å². The fourth-order valence-electron chi connectivity index (χ4n) is 4.13. The van der Waals surface area contributed by atoms with Crippen LogP contribution >= 0.6 is 11.8 Å². The summed E-state index contributed by atoms with van der Waals surface area (Å²) in [7, 11) is 2.03. The second-order valence-electron chi connectivity index (χ2n) is 7.59. The van der Waals surface area contributed by atoms with E-state index in [4.69, 9.17) is 10.1 Å². The fraction of sp³-hybridized carbons (Fsp3) is 0.684. The molecule has 2 aliphatic heterocycles. The Hall–Kier alpha value is -1.71. The van der Waals surface area contributed by atoms with Crippen LogP contribution in [0, 0.1) is 0 Å². The number of hydrogen-bond acceptors (Lipinski definition) is 8. The molecule has 0 unspecified atom stereocenters. The molecule has 2 aromatic rings. The van der Waals surface area contributed by atoms with Crippen LogP contribution in [0.4, 0.5) is 5.95 Å². The van der Waals surface area contributed by atoms with Gasteiger partial charge in [0.1, 0.15) is 5.82 Å². The van der Waals surface area contributed by atoms with Crippen LogP contribution in [-0.4, -0.2) is 73.3 Å². The quantitative estimate of drug-likeness (QED) is 0.699. The molecule has 152 valence electrons. The molecule has 0 spiro atoms. The van der Waals surface area contributed by atoms with Gasteiger partial charge < -0.3 is 14.6 Å². The van der Waals surface area contributed by atoms with E-state index in [1.807, 2.05) is 19.3 Å². The van der Waals surface area contributed by atoms with Crippen molar-refractivity contribution < 1.29 is 5.11 Å². The molecular weight excluding hydrogens is 374 g/mol. The highest BCUT2D eigenvalue weighted by Crippen LogP contribution is 2.28. The van der Waals surface area contributed by atoms with Gasteiger partial charge in [0.2, 0.25) is 5.95 Å². The van der Waals surface area contributed by atoms with Gasteiger partial charge in [-0.3, -0.25) is 4.90 Å². The van der Waals surface area contributed by atoms with Crippen LogP contribution in [0.15, 0.2) is 17.4 Å². The van der Waals surface area contributed by atoms with E-state index in [0.717, 1.165) is 68.2 Å². The Morgan fingerprint density at radius 2 is 2.04 bits per heavy atom. The minimum absolute atomic E-state index is 0.155. The molecule has 1 atom stereocenters. The third-order valence-electron chi connectivity index (χ3n) is 5.54. The summed E-state index contributed by atoms with van der Waals surface area (Å²) in [6, 6.07) is 2.04. The number of aliphatic hydroxyl groups is 1. The predicted octanol–water partition coefficient (Wildman–Crippen LogP) is 1.67. The van der Waals surface area contributed by atoms with Crippen LogP contribution in [0.2, 0.25) is 0 Å². The first-order valence-electron chi connectivity index (χ1n) is 10.2. The zero-order valence-electron chi connectivity index (χ0n) is 16.5. The van der Waals surface area contributed by atoms with Crippen LogP contribution in [0.1, 0.15) is 43.1 Å². The number of hydrogen-bond donors (Lipinski definition) is 1. The van der Waals surface area contributed by atoms with Gasteiger partial charge in [-0.05, 0) is 38.3 Å². The summed E-state index contributed by atoms with van der Waals surface area (Å²) in [5.41, 5.74) is 1.09. The Labute approximate surface area is 170 Å². The smallest absolute Gasteiger partial charge is 0.225 e. The number of rotatable bonds is 7. The average molecular weight is 404 g/mol. The Morgan fingerprint density at radius 3 is 2.86 bits per heavy atom. The van der Waals surface area contributed by atoms with E-state index in [1.54, 1.807) is 11.8 Å². The van der Waals surface area contributed by atoms with Gasteiger partial charge >= 0.3 is 0 Å². The third kappa shape index (κ3) is 4.47. The van der Waals surface area contributed by atoms with Crippen molar-refractivity contribution in [3.05, 3.63) is 23.8 Å². The van der Waals surface area contributed by atoms with E-state index in [2.05, 4.69) is 29.5 Å². The minimum Gasteiger partial charge on any atom is -0.396 e. The first kappa shape index (κ1) is 19.6. The topological polar surface area (TPSA) is 83.2 Å². The monoisotopic (exact) mass is 403 g/mol. The van der Waals surface area contributed by atoms with Crippen LogP contribution in [0.3, 0.4) is 0 Å². The SMILES string of the molecule is Cn1c(SCCO)nnc1[C@H]1CCCN(Cc2ccnc(N3CCCC3)n2)C1. The molecule has 0 bridgehead atoms. The van der Waals surface area contributed by atoms with E-state index in [0.29, 0.717) is 11.7 Å². The lowest BCUT2D eigenvalue weighted by Crippen LogP contribution is -2.35. The number of likely N-dealkylation sites (tertiary alicyclic amines) is 1. The second-order valence-corrected chi connectivity index (χ2v) is 8.65. The Balaban J connectivity index is 1.40. The van der Waals surface area contributed by atoms with Gasteiger partial charge in [-0.25, -0.2) is 9.97 Å². The molecule has 2 fully saturated rings. The molecule has 4 rings (SSSR count). The zero-order valence-corrected chi connectivity index (χ0v) is 17.3. The summed E-state index contributed by atoms with van der Waals surface area (Å²) in [6.45, 7) is 5.20. The van der Waals surface area contributed by atoms with Crippen molar-refractivity contribution in [2.45, 2.75) is 43.3 Å². The van der Waals surface area contributed by atoms with Crippen molar-refractivity contribution in [2.75, 3.05) is 43.4 Å². The third-order valence-corrected chi connectivity index (χ3v) is 6.54. The fourth-order valence-corrected chi connectivity index (χ4v) is 4.78. The highest BCUT2D eigenvalue weighted by Gasteiger charge is 2.26. The zero-order chi connectivity index (χ0) is 19.3. The molecule has 2 aromatic heterocycles. The van der Waals surface area contributed by atoms with E-state index in [-0.39, 0.29) is 6.61 Å². The number of nitrogens with zero attached hydrogens (tertiary/aromatic N) is 7. The minimum atomic E-state index is 0.155. The van der Waals surface area contributed by atoms with Crippen molar-refractivity contribution in [1.29, 1.82) is 0 Å². The molecular formula is C19H29N7OS. The van der Waals surface area contributed by atoms with Gasteiger partial charge in [-0.2, -0.15) is 0 Å². The molecule has 0 radical (unpaired) electrons. The molecule has 0 aliphatic carbocycles. The first-order chi connectivity index (χ1) is 13.7. The van der Waals surface area contributed by atoms with Crippen molar-refractivity contribution in [3.8, 4) is 0 Å². The summed E-state index contributed by atoms with van der Waals surface area (Å²) in [5, 5.41) is 18.7. The van der Waals surface area contributed by atoms with Gasteiger partial charge in [-0.1, -0.05) is 11.8 Å². The van der Waals surface area contributed by atoms with Crippen LogP contribution < -0.4 is 4.90 Å². The summed E-state index contributed by atoms with van der Waals surface area (Å²) in [6.07, 6.45) is 6.65. The number of piperidine rings is 1. The number of thioether (sulfide) groups is 1. The van der Waals surface area contributed by atoms with Gasteiger partial charge in [0, 0.05) is 51.1 Å². The summed E-state index contributed by atoms with van der Waals surface area (Å²) >= 11 is 1.55. The molecule has 28 heavy (non-hydrogen) atoms. The van der Waals surface area contributed by atoms with Gasteiger partial charge in [0.05, 0.1) is 12.3 Å². The van der Waals surface area contributed by atoms with Crippen molar-refractivity contribution >= 4 is 17.7 Å². The molecule has 2 saturated heterocycles. The van der Waals surface area contributed by atoms with Gasteiger partial charge in [0.25, 0.3) is 0 Å². The second kappa shape index (κ2) is 9.19. The van der Waals surface area contributed by atoms with E-state index < -0.39 is 0 Å². The number of aliphatic hydroxyl groups excluding tert-OH is 1. The highest BCUT2D eigenvalue weighted by atomic mass is 32.2. The van der Waals surface area contributed by atoms with Gasteiger partial charge in [-0.15, -0.1) is 10.2 Å². The number of aromatic nitrogens is 5. The lowest BCUT2D eigenvalue weighted by atomic mass is 9.97. The van der Waals surface area contributed by atoms with E-state index in [1.165, 1.54) is 12.8 Å². The Kier molecular flexibility index (Phi) is 6.43. The van der Waals surface area contributed by atoms with E-state index >= 15 is 0 Å². The maximum Gasteiger partial charge on any atom is 0.225 e. The summed E-state index contributed by atoms with van der Waals surface area (Å²) < 4.78 is 2.09. The largest absolute Gasteiger partial charge is 0.396 e. The van der Waals surface area contributed by atoms with Crippen molar-refractivity contribution in [2.24, 2.45) is 7.05 Å². The van der Waals surface area contributed by atoms with Crippen LogP contribution in [0.5, 0.6) is 0 Å². The molecule has 2 aliphatic rings. The maximum atomic E-state index is 9.04. The lowest BCUT2D eigenvalue weighted by molar-refractivity contribution is 0.193. The standard InChI is InChI=1S/C19H29N7OS/c1-24-17(22-23-19(24)28-12-11-27)15-5-4-8-25(13-15)14-16-6-7-20-18(21-16)26-9-2-3-10-26/h6-7,15,27H,2-5,8-14H2,1H3/t15-/m0/s1. The predicted molar refractivity (Wildman–Crippen MR) is 110 cm³/mol. The molecule has 0 amide bonds. The Morgan fingerprint density at radius 1 is 1.18 bits per heavy atom. The van der Waals surface area contributed by atoms with Crippen LogP contribution in [0.25, 0.3) is 0 Å². The lowest BCUT2D eigenvalue weighted by Gasteiger charge is -2.32. The molecule has 0 saturated carbocycles.